The molecule has 1 aliphatic heterocycles. The second-order valence-electron chi connectivity index (χ2n) is 9.44. The van der Waals surface area contributed by atoms with Crippen molar-refractivity contribution < 1.29 is 14.6 Å². The minimum Gasteiger partial charge on any atom is -0.472 e. The van der Waals surface area contributed by atoms with Crippen molar-refractivity contribution in [3.05, 3.63) is 77.7 Å². The van der Waals surface area contributed by atoms with Crippen LogP contribution in [0.25, 0.3) is 11.1 Å². The lowest BCUT2D eigenvalue weighted by molar-refractivity contribution is 0.0325. The zero-order chi connectivity index (χ0) is 25.7. The van der Waals surface area contributed by atoms with Crippen LogP contribution in [0.4, 0.5) is 0 Å². The number of hydrogen-bond acceptors (Lipinski definition) is 7. The van der Waals surface area contributed by atoms with E-state index in [4.69, 9.17) is 4.74 Å². The number of nitrogens with zero attached hydrogens (tertiary/aromatic N) is 5. The average molecular weight is 486 g/mol. The Morgan fingerprint density at radius 2 is 2.03 bits per heavy atom. The van der Waals surface area contributed by atoms with Gasteiger partial charge in [0.1, 0.15) is 11.7 Å². The molecule has 1 amide bonds. The number of carbonyl (C=O) groups excluding carboxylic acids is 1. The highest BCUT2D eigenvalue weighted by Gasteiger charge is 2.34. The first kappa shape index (κ1) is 25.3. The van der Waals surface area contributed by atoms with Gasteiger partial charge in [-0.25, -0.2) is 4.98 Å². The molecule has 3 atom stereocenters. The molecule has 3 aromatic rings. The SMILES string of the molecule is C[C@H](CO)N1C[C@H](C)[C@@H](CN(C)Cc2ccncc2)Oc2ncc(-c3cccc(C#N)c3)cc2C1=O. The molecule has 1 aliphatic rings. The normalized spacial score (nSPS) is 18.6. The first-order valence-electron chi connectivity index (χ1n) is 12.1. The highest BCUT2D eigenvalue weighted by atomic mass is 16.5. The maximum absolute atomic E-state index is 13.6. The van der Waals surface area contributed by atoms with Crippen LogP contribution in [-0.2, 0) is 6.54 Å². The molecule has 0 radical (unpaired) electrons. The highest BCUT2D eigenvalue weighted by molar-refractivity contribution is 5.98. The molecule has 0 aliphatic carbocycles. The molecule has 0 saturated heterocycles. The van der Waals surface area contributed by atoms with Gasteiger partial charge in [0.25, 0.3) is 5.91 Å². The second kappa shape index (κ2) is 11.3. The number of nitriles is 1. The summed E-state index contributed by atoms with van der Waals surface area (Å²) in [7, 11) is 2.04. The van der Waals surface area contributed by atoms with Crippen molar-refractivity contribution >= 4 is 5.91 Å². The van der Waals surface area contributed by atoms with E-state index in [0.29, 0.717) is 24.2 Å². The van der Waals surface area contributed by atoms with E-state index in [-0.39, 0.29) is 36.5 Å². The Kier molecular flexibility index (Phi) is 7.93. The van der Waals surface area contributed by atoms with E-state index in [1.54, 1.807) is 47.8 Å². The molecule has 8 nitrogen and oxygen atoms in total. The quantitative estimate of drug-likeness (QED) is 0.547. The van der Waals surface area contributed by atoms with Crippen molar-refractivity contribution in [1.29, 1.82) is 5.26 Å². The molecule has 3 heterocycles. The van der Waals surface area contributed by atoms with Crippen LogP contribution >= 0.6 is 0 Å². The van der Waals surface area contributed by atoms with Crippen LogP contribution in [0.5, 0.6) is 5.88 Å². The predicted octanol–water partition coefficient (Wildman–Crippen LogP) is 3.37. The number of fused-ring (bicyclic) bond motifs is 1. The molecular weight excluding hydrogens is 454 g/mol. The van der Waals surface area contributed by atoms with Gasteiger partial charge in [-0.05, 0) is 55.4 Å². The molecule has 4 rings (SSSR count). The minimum absolute atomic E-state index is 0.00442. The first-order valence-corrected chi connectivity index (χ1v) is 12.1. The molecule has 8 heteroatoms. The summed E-state index contributed by atoms with van der Waals surface area (Å²) in [5.74, 6) is 0.0572. The number of ether oxygens (including phenoxy) is 1. The maximum Gasteiger partial charge on any atom is 0.259 e. The minimum atomic E-state index is -0.355. The molecule has 0 fully saturated rings. The average Bonchev–Trinajstić information content (AvgIpc) is 2.90. The van der Waals surface area contributed by atoms with Crippen molar-refractivity contribution in [3.8, 4) is 23.1 Å². The third-order valence-electron chi connectivity index (χ3n) is 6.54. The Bertz CT molecular complexity index is 1240. The van der Waals surface area contributed by atoms with Gasteiger partial charge in [-0.2, -0.15) is 5.26 Å². The monoisotopic (exact) mass is 485 g/mol. The molecular formula is C28H31N5O3. The lowest BCUT2D eigenvalue weighted by Crippen LogP contribution is -2.49. The summed E-state index contributed by atoms with van der Waals surface area (Å²) >= 11 is 0. The summed E-state index contributed by atoms with van der Waals surface area (Å²) < 4.78 is 6.40. The number of pyridine rings is 2. The summed E-state index contributed by atoms with van der Waals surface area (Å²) in [5, 5.41) is 19.2. The van der Waals surface area contributed by atoms with Crippen molar-refractivity contribution in [2.75, 3.05) is 26.7 Å². The fourth-order valence-corrected chi connectivity index (χ4v) is 4.42. The second-order valence-corrected chi connectivity index (χ2v) is 9.44. The van der Waals surface area contributed by atoms with Gasteiger partial charge in [-0.1, -0.05) is 19.1 Å². The van der Waals surface area contributed by atoms with Crippen molar-refractivity contribution in [1.82, 2.24) is 19.8 Å². The number of aromatic nitrogens is 2. The molecule has 1 N–H and O–H groups in total. The standard InChI is InChI=1S/C28H31N5O3/c1-19-15-33(20(2)18-34)28(35)25-12-24(23-6-4-5-22(11-23)13-29)14-31-27(25)36-26(19)17-32(3)16-21-7-9-30-10-8-21/h4-12,14,19-20,26,34H,15-18H2,1-3H3/t19-,20+,26+/m0/s1. The van der Waals surface area contributed by atoms with E-state index in [1.807, 2.05) is 32.2 Å². The molecule has 0 spiro atoms. The van der Waals surface area contributed by atoms with Gasteiger partial charge in [-0.3, -0.25) is 14.7 Å². The lowest BCUT2D eigenvalue weighted by atomic mass is 9.98. The van der Waals surface area contributed by atoms with E-state index in [1.165, 1.54) is 0 Å². The van der Waals surface area contributed by atoms with Crippen LogP contribution in [0.2, 0.25) is 0 Å². The number of amides is 1. The number of hydrogen-bond donors (Lipinski definition) is 1. The Hall–Kier alpha value is -3.80. The molecule has 0 saturated carbocycles. The number of rotatable bonds is 7. The molecule has 1 aromatic carbocycles. The van der Waals surface area contributed by atoms with E-state index in [0.717, 1.165) is 23.2 Å². The summed E-state index contributed by atoms with van der Waals surface area (Å²) in [5.41, 5.74) is 3.55. The Balaban J connectivity index is 1.67. The van der Waals surface area contributed by atoms with Crippen molar-refractivity contribution in [3.63, 3.8) is 0 Å². The number of aliphatic hydroxyl groups excluding tert-OH is 1. The fraction of sp³-hybridized carbons (Fsp3) is 0.357. The summed E-state index contributed by atoms with van der Waals surface area (Å²) in [6.07, 6.45) is 5.01. The summed E-state index contributed by atoms with van der Waals surface area (Å²) in [6.45, 7) is 5.57. The van der Waals surface area contributed by atoms with Crippen LogP contribution in [0.1, 0.15) is 35.3 Å². The number of likely N-dealkylation sites (N-methyl/N-ethyl adjacent to an activating group) is 1. The number of benzene rings is 1. The van der Waals surface area contributed by atoms with Crippen LogP contribution in [0.3, 0.4) is 0 Å². The van der Waals surface area contributed by atoms with Gasteiger partial charge >= 0.3 is 0 Å². The maximum atomic E-state index is 13.6. The highest BCUT2D eigenvalue weighted by Crippen LogP contribution is 2.30. The predicted molar refractivity (Wildman–Crippen MR) is 136 cm³/mol. The van der Waals surface area contributed by atoms with Gasteiger partial charge in [0.2, 0.25) is 5.88 Å². The van der Waals surface area contributed by atoms with Gasteiger partial charge in [0, 0.05) is 49.7 Å². The van der Waals surface area contributed by atoms with Gasteiger partial charge in [0.05, 0.1) is 24.3 Å². The van der Waals surface area contributed by atoms with E-state index >= 15 is 0 Å². The Morgan fingerprint density at radius 1 is 1.25 bits per heavy atom. The largest absolute Gasteiger partial charge is 0.472 e. The van der Waals surface area contributed by atoms with Crippen LogP contribution in [-0.4, -0.2) is 69.7 Å². The Morgan fingerprint density at radius 3 is 2.75 bits per heavy atom. The zero-order valence-electron chi connectivity index (χ0n) is 20.8. The van der Waals surface area contributed by atoms with E-state index in [9.17, 15) is 15.2 Å². The number of aliphatic hydroxyl groups is 1. The van der Waals surface area contributed by atoms with Crippen molar-refractivity contribution in [2.45, 2.75) is 32.5 Å². The Labute approximate surface area is 211 Å². The number of carbonyl (C=O) groups is 1. The molecule has 36 heavy (non-hydrogen) atoms. The third kappa shape index (κ3) is 5.70. The fourth-order valence-electron chi connectivity index (χ4n) is 4.42. The lowest BCUT2D eigenvalue weighted by Gasteiger charge is -2.37. The van der Waals surface area contributed by atoms with E-state index in [2.05, 4.69) is 27.9 Å². The molecule has 0 unspecified atom stereocenters. The molecule has 2 aromatic heterocycles. The topological polar surface area (TPSA) is 103 Å². The zero-order valence-corrected chi connectivity index (χ0v) is 20.8. The smallest absolute Gasteiger partial charge is 0.259 e. The van der Waals surface area contributed by atoms with Crippen LogP contribution in [0, 0.1) is 17.2 Å². The van der Waals surface area contributed by atoms with Crippen LogP contribution < -0.4 is 4.74 Å². The summed E-state index contributed by atoms with van der Waals surface area (Å²) in [6, 6.07) is 14.7. The van der Waals surface area contributed by atoms with E-state index < -0.39 is 0 Å². The third-order valence-corrected chi connectivity index (χ3v) is 6.54. The van der Waals surface area contributed by atoms with Gasteiger partial charge in [0.15, 0.2) is 0 Å². The van der Waals surface area contributed by atoms with Gasteiger partial charge in [-0.15, -0.1) is 0 Å². The first-order chi connectivity index (χ1) is 17.4. The summed E-state index contributed by atoms with van der Waals surface area (Å²) in [4.78, 5) is 26.2. The van der Waals surface area contributed by atoms with Crippen LogP contribution in [0.15, 0.2) is 61.1 Å². The van der Waals surface area contributed by atoms with Gasteiger partial charge < -0.3 is 14.7 Å². The van der Waals surface area contributed by atoms with Crippen molar-refractivity contribution in [2.24, 2.45) is 5.92 Å². The molecule has 0 bridgehead atoms. The molecule has 186 valence electrons.